The zero-order valence-electron chi connectivity index (χ0n) is 11.7. The van der Waals surface area contributed by atoms with Crippen LogP contribution in [-0.4, -0.2) is 13.0 Å². The summed E-state index contributed by atoms with van der Waals surface area (Å²) in [4.78, 5) is 13.2. The normalized spacial score (nSPS) is 10.8. The van der Waals surface area contributed by atoms with Crippen molar-refractivity contribution in [1.82, 2.24) is 5.32 Å². The molecule has 106 valence electrons. The third-order valence-electron chi connectivity index (χ3n) is 3.40. The Balaban J connectivity index is 2.30. The van der Waals surface area contributed by atoms with Crippen molar-refractivity contribution in [2.45, 2.75) is 6.92 Å². The Morgan fingerprint density at radius 1 is 1.14 bits per heavy atom. The fourth-order valence-corrected chi connectivity index (χ4v) is 3.55. The Labute approximate surface area is 126 Å². The molecule has 0 bridgehead atoms. The molecular formula is C17H14FNOS. The first-order valence-electron chi connectivity index (χ1n) is 6.61. The second-order valence-corrected chi connectivity index (χ2v) is 5.94. The fourth-order valence-electron chi connectivity index (χ4n) is 2.37. The first-order chi connectivity index (χ1) is 10.1. The van der Waals surface area contributed by atoms with E-state index in [1.807, 2.05) is 25.1 Å². The summed E-state index contributed by atoms with van der Waals surface area (Å²) in [5, 5.41) is 3.64. The van der Waals surface area contributed by atoms with E-state index < -0.39 is 0 Å². The van der Waals surface area contributed by atoms with Crippen LogP contribution in [0.3, 0.4) is 0 Å². The van der Waals surface area contributed by atoms with Crippen LogP contribution in [0.1, 0.15) is 15.9 Å². The summed E-state index contributed by atoms with van der Waals surface area (Å²) in [5.74, 6) is -0.400. The van der Waals surface area contributed by atoms with Crippen molar-refractivity contribution in [1.29, 1.82) is 0 Å². The van der Waals surface area contributed by atoms with Gasteiger partial charge in [0.1, 0.15) is 5.82 Å². The topological polar surface area (TPSA) is 29.1 Å². The lowest BCUT2D eigenvalue weighted by Gasteiger charge is -2.04. The Morgan fingerprint density at radius 3 is 2.52 bits per heavy atom. The van der Waals surface area contributed by atoms with Gasteiger partial charge in [-0.3, -0.25) is 4.79 Å². The lowest BCUT2D eigenvalue weighted by atomic mass is 10.0. The number of carbonyl (C=O) groups excluding carboxylic acids is 1. The third kappa shape index (κ3) is 2.43. The van der Waals surface area contributed by atoms with Crippen molar-refractivity contribution in [3.8, 4) is 10.4 Å². The summed E-state index contributed by atoms with van der Waals surface area (Å²) in [6.45, 7) is 2.00. The first-order valence-corrected chi connectivity index (χ1v) is 7.43. The van der Waals surface area contributed by atoms with Crippen molar-refractivity contribution in [2.24, 2.45) is 0 Å². The average molecular weight is 299 g/mol. The molecule has 1 N–H and O–H groups in total. The summed E-state index contributed by atoms with van der Waals surface area (Å²) in [5.41, 5.74) is 2.62. The summed E-state index contributed by atoms with van der Waals surface area (Å²) in [6.07, 6.45) is 0. The monoisotopic (exact) mass is 299 g/mol. The number of rotatable bonds is 2. The van der Waals surface area contributed by atoms with E-state index in [0.29, 0.717) is 5.56 Å². The minimum absolute atomic E-state index is 0.119. The molecule has 0 saturated carbocycles. The van der Waals surface area contributed by atoms with Crippen LogP contribution < -0.4 is 5.32 Å². The molecule has 0 aliphatic rings. The number of carbonyl (C=O) groups is 1. The van der Waals surface area contributed by atoms with Gasteiger partial charge < -0.3 is 5.32 Å². The minimum Gasteiger partial charge on any atom is -0.355 e. The van der Waals surface area contributed by atoms with Crippen molar-refractivity contribution in [3.05, 3.63) is 59.4 Å². The van der Waals surface area contributed by atoms with Gasteiger partial charge in [0.15, 0.2) is 0 Å². The third-order valence-corrected chi connectivity index (χ3v) is 4.62. The van der Waals surface area contributed by atoms with Crippen molar-refractivity contribution >= 4 is 27.3 Å². The molecule has 0 spiro atoms. The van der Waals surface area contributed by atoms with Crippen molar-refractivity contribution in [2.75, 3.05) is 7.05 Å². The highest BCUT2D eigenvalue weighted by molar-refractivity contribution is 7.22. The number of halogens is 1. The lowest BCUT2D eigenvalue weighted by Crippen LogP contribution is -2.18. The predicted octanol–water partition coefficient (Wildman–Crippen LogP) is 4.38. The van der Waals surface area contributed by atoms with E-state index >= 15 is 0 Å². The Morgan fingerprint density at radius 2 is 1.86 bits per heavy atom. The molecule has 3 aromatic rings. The molecule has 0 atom stereocenters. The predicted molar refractivity (Wildman–Crippen MR) is 85.3 cm³/mol. The molecular weight excluding hydrogens is 285 g/mol. The van der Waals surface area contributed by atoms with Crippen LogP contribution in [0, 0.1) is 12.7 Å². The van der Waals surface area contributed by atoms with Gasteiger partial charge in [0.2, 0.25) is 0 Å². The molecule has 1 aromatic heterocycles. The molecule has 21 heavy (non-hydrogen) atoms. The quantitative estimate of drug-likeness (QED) is 0.747. The SMILES string of the molecule is CNC(=O)c1c(-c2ccc(F)cc2)sc2ccc(C)cc12. The van der Waals surface area contributed by atoms with E-state index in [-0.39, 0.29) is 11.7 Å². The Bertz CT molecular complexity index is 821. The summed E-state index contributed by atoms with van der Waals surface area (Å²) >= 11 is 1.55. The van der Waals surface area contributed by atoms with Crippen LogP contribution in [0.15, 0.2) is 42.5 Å². The largest absolute Gasteiger partial charge is 0.355 e. The number of hydrogen-bond donors (Lipinski definition) is 1. The number of thiophene rings is 1. The molecule has 0 fully saturated rings. The summed E-state index contributed by atoms with van der Waals surface area (Å²) in [6, 6.07) is 12.3. The molecule has 0 unspecified atom stereocenters. The molecule has 0 radical (unpaired) electrons. The zero-order valence-corrected chi connectivity index (χ0v) is 12.6. The van der Waals surface area contributed by atoms with Gasteiger partial charge in [0.25, 0.3) is 5.91 Å². The van der Waals surface area contributed by atoms with E-state index in [1.165, 1.54) is 12.1 Å². The average Bonchev–Trinajstić information content (AvgIpc) is 2.85. The van der Waals surface area contributed by atoms with Crippen LogP contribution >= 0.6 is 11.3 Å². The maximum Gasteiger partial charge on any atom is 0.253 e. The number of fused-ring (bicyclic) bond motifs is 1. The minimum atomic E-state index is -0.280. The zero-order chi connectivity index (χ0) is 15.0. The van der Waals surface area contributed by atoms with Gasteiger partial charge in [-0.1, -0.05) is 23.8 Å². The van der Waals surface area contributed by atoms with Crippen LogP contribution in [-0.2, 0) is 0 Å². The van der Waals surface area contributed by atoms with Crippen LogP contribution in [0.4, 0.5) is 4.39 Å². The molecule has 0 aliphatic heterocycles. The van der Waals surface area contributed by atoms with E-state index in [9.17, 15) is 9.18 Å². The Kier molecular flexibility index (Phi) is 3.47. The van der Waals surface area contributed by atoms with Crippen LogP contribution in [0.5, 0.6) is 0 Å². The molecule has 2 nitrogen and oxygen atoms in total. The number of hydrogen-bond acceptors (Lipinski definition) is 2. The molecule has 3 rings (SSSR count). The van der Waals surface area contributed by atoms with E-state index in [2.05, 4.69) is 5.32 Å². The molecule has 1 heterocycles. The molecule has 4 heteroatoms. The lowest BCUT2D eigenvalue weighted by molar-refractivity contribution is 0.0965. The molecule has 0 saturated heterocycles. The van der Waals surface area contributed by atoms with E-state index in [4.69, 9.17) is 0 Å². The van der Waals surface area contributed by atoms with Gasteiger partial charge >= 0.3 is 0 Å². The number of amides is 1. The number of aryl methyl sites for hydroxylation is 1. The van der Waals surface area contributed by atoms with Gasteiger partial charge in [-0.05, 0) is 36.8 Å². The highest BCUT2D eigenvalue weighted by atomic mass is 32.1. The highest BCUT2D eigenvalue weighted by Crippen LogP contribution is 2.39. The van der Waals surface area contributed by atoms with Gasteiger partial charge in [0, 0.05) is 22.0 Å². The van der Waals surface area contributed by atoms with Gasteiger partial charge in [-0.2, -0.15) is 0 Å². The molecule has 0 aliphatic carbocycles. The van der Waals surface area contributed by atoms with Crippen LogP contribution in [0.2, 0.25) is 0 Å². The van der Waals surface area contributed by atoms with Crippen LogP contribution in [0.25, 0.3) is 20.5 Å². The second kappa shape index (κ2) is 5.30. The van der Waals surface area contributed by atoms with Gasteiger partial charge in [-0.15, -0.1) is 11.3 Å². The first kappa shape index (κ1) is 13.8. The summed E-state index contributed by atoms with van der Waals surface area (Å²) < 4.78 is 14.2. The maximum absolute atomic E-state index is 13.1. The van der Waals surface area contributed by atoms with Crippen molar-refractivity contribution < 1.29 is 9.18 Å². The number of benzene rings is 2. The smallest absolute Gasteiger partial charge is 0.253 e. The Hall–Kier alpha value is -2.20. The summed E-state index contributed by atoms with van der Waals surface area (Å²) in [7, 11) is 1.62. The standard InChI is InChI=1S/C17H14FNOS/c1-10-3-8-14-13(9-10)15(17(20)19-2)16(21-14)11-4-6-12(18)7-5-11/h3-9H,1-2H3,(H,19,20). The molecule has 2 aromatic carbocycles. The van der Waals surface area contributed by atoms with E-state index in [0.717, 1.165) is 26.1 Å². The fraction of sp³-hybridized carbons (Fsp3) is 0.118. The highest BCUT2D eigenvalue weighted by Gasteiger charge is 2.19. The molecule has 1 amide bonds. The van der Waals surface area contributed by atoms with E-state index in [1.54, 1.807) is 30.5 Å². The van der Waals surface area contributed by atoms with Gasteiger partial charge in [0.05, 0.1) is 5.56 Å². The number of nitrogens with one attached hydrogen (secondary N) is 1. The van der Waals surface area contributed by atoms with Crippen molar-refractivity contribution in [3.63, 3.8) is 0 Å². The van der Waals surface area contributed by atoms with Gasteiger partial charge in [-0.25, -0.2) is 4.39 Å². The maximum atomic E-state index is 13.1. The second-order valence-electron chi connectivity index (χ2n) is 4.89.